The van der Waals surface area contributed by atoms with Crippen molar-refractivity contribution in [1.29, 1.82) is 0 Å². The summed E-state index contributed by atoms with van der Waals surface area (Å²) in [5, 5.41) is 10.7. The second-order valence-corrected chi connectivity index (χ2v) is 33.6. The highest BCUT2D eigenvalue weighted by Gasteiger charge is 2.30. The van der Waals surface area contributed by atoms with Crippen molar-refractivity contribution < 1.29 is 80.2 Å². The van der Waals surface area contributed by atoms with Crippen molar-refractivity contribution in [2.45, 2.75) is 470 Å². The van der Waals surface area contributed by atoms with Crippen LogP contribution in [0.5, 0.6) is 0 Å². The Morgan fingerprint density at radius 3 is 0.660 bits per heavy atom. The van der Waals surface area contributed by atoms with Gasteiger partial charge >= 0.3 is 39.5 Å². The number of ether oxygens (including phenoxy) is 4. The molecule has 17 nitrogen and oxygen atoms in total. The van der Waals surface area contributed by atoms with E-state index in [0.29, 0.717) is 25.7 Å². The van der Waals surface area contributed by atoms with Gasteiger partial charge in [-0.2, -0.15) is 0 Å². The molecule has 0 heterocycles. The number of hydrogen-bond donors (Lipinski definition) is 3. The van der Waals surface area contributed by atoms with Gasteiger partial charge in [0.05, 0.1) is 26.4 Å². The fraction of sp³-hybridized carbons (Fsp3) is 0.952. The van der Waals surface area contributed by atoms with Crippen molar-refractivity contribution in [2.75, 3.05) is 39.6 Å². The van der Waals surface area contributed by atoms with Gasteiger partial charge in [-0.1, -0.05) is 401 Å². The molecule has 0 fully saturated rings. The zero-order valence-corrected chi connectivity index (χ0v) is 69.3. The quantitative estimate of drug-likeness (QED) is 0.0222. The summed E-state index contributed by atoms with van der Waals surface area (Å²) < 4.78 is 68.8. The molecule has 5 atom stereocenters. The maximum atomic E-state index is 13.1. The number of rotatable bonds is 84. The lowest BCUT2D eigenvalue weighted by atomic mass is 10.0. The molecule has 0 aromatic rings. The number of carbonyl (C=O) groups is 4. The Morgan fingerprint density at radius 2 is 0.447 bits per heavy atom. The first-order valence-electron chi connectivity index (χ1n) is 43.6. The van der Waals surface area contributed by atoms with Crippen LogP contribution >= 0.6 is 15.6 Å². The largest absolute Gasteiger partial charge is 0.472 e. The van der Waals surface area contributed by atoms with Gasteiger partial charge in [0.15, 0.2) is 12.2 Å². The lowest BCUT2D eigenvalue weighted by Gasteiger charge is -2.21. The Morgan fingerprint density at radius 1 is 0.262 bits per heavy atom. The van der Waals surface area contributed by atoms with Crippen molar-refractivity contribution in [2.24, 2.45) is 5.92 Å². The molecule has 2 unspecified atom stereocenters. The smallest absolute Gasteiger partial charge is 0.462 e. The van der Waals surface area contributed by atoms with Gasteiger partial charge in [-0.05, 0) is 31.6 Å². The number of unbranched alkanes of at least 4 members (excludes halogenated alkanes) is 56. The summed E-state index contributed by atoms with van der Waals surface area (Å²) in [4.78, 5) is 73.1. The van der Waals surface area contributed by atoms with Crippen molar-refractivity contribution in [3.05, 3.63) is 0 Å². The van der Waals surface area contributed by atoms with E-state index in [1.807, 2.05) is 0 Å². The molecule has 0 aliphatic heterocycles. The highest BCUT2D eigenvalue weighted by Crippen LogP contribution is 2.45. The Hall–Kier alpha value is -1.94. The zero-order chi connectivity index (χ0) is 75.5. The number of aliphatic hydroxyl groups excluding tert-OH is 1. The lowest BCUT2D eigenvalue weighted by Crippen LogP contribution is -2.30. The van der Waals surface area contributed by atoms with Gasteiger partial charge in [-0.25, -0.2) is 9.13 Å². The number of phosphoric acid groups is 2. The monoisotopic (exact) mass is 1510 g/mol. The molecule has 0 bridgehead atoms. The Bertz CT molecular complexity index is 1960. The van der Waals surface area contributed by atoms with E-state index in [1.54, 1.807) is 0 Å². The van der Waals surface area contributed by atoms with Crippen LogP contribution in [0.1, 0.15) is 452 Å². The average Bonchev–Trinajstić information content (AvgIpc) is 0.911. The Labute approximate surface area is 632 Å². The fourth-order valence-electron chi connectivity index (χ4n) is 13.1. The van der Waals surface area contributed by atoms with Gasteiger partial charge in [0, 0.05) is 25.7 Å². The number of aliphatic hydroxyl groups is 1. The van der Waals surface area contributed by atoms with E-state index in [-0.39, 0.29) is 25.7 Å². The van der Waals surface area contributed by atoms with Crippen molar-refractivity contribution >= 4 is 39.5 Å². The molecule has 0 aliphatic carbocycles. The second-order valence-electron chi connectivity index (χ2n) is 30.7. The number of hydrogen-bond acceptors (Lipinski definition) is 15. The average molecular weight is 1510 g/mol. The van der Waals surface area contributed by atoms with Gasteiger partial charge in [0.2, 0.25) is 0 Å². The third-order valence-corrected chi connectivity index (χ3v) is 21.7. The van der Waals surface area contributed by atoms with Crippen LogP contribution in [-0.4, -0.2) is 96.7 Å². The first-order valence-corrected chi connectivity index (χ1v) is 46.6. The van der Waals surface area contributed by atoms with Gasteiger partial charge < -0.3 is 33.8 Å². The van der Waals surface area contributed by atoms with Crippen molar-refractivity contribution in [3.63, 3.8) is 0 Å². The van der Waals surface area contributed by atoms with Crippen LogP contribution in [0.3, 0.4) is 0 Å². The van der Waals surface area contributed by atoms with Crippen LogP contribution < -0.4 is 0 Å². The maximum Gasteiger partial charge on any atom is 0.472 e. The summed E-state index contributed by atoms with van der Waals surface area (Å²) in [6.45, 7) is 7.36. The van der Waals surface area contributed by atoms with Gasteiger partial charge in [0.1, 0.15) is 19.3 Å². The molecule has 3 N–H and O–H groups in total. The van der Waals surface area contributed by atoms with E-state index in [4.69, 9.17) is 37.0 Å². The highest BCUT2D eigenvalue weighted by molar-refractivity contribution is 7.47. The summed E-state index contributed by atoms with van der Waals surface area (Å²) >= 11 is 0. The summed E-state index contributed by atoms with van der Waals surface area (Å²) in [5.41, 5.74) is 0. The predicted molar refractivity (Wildman–Crippen MR) is 423 cm³/mol. The molecular weight excluding hydrogens is 1340 g/mol. The van der Waals surface area contributed by atoms with Crippen LogP contribution in [0.4, 0.5) is 0 Å². The molecule has 0 spiro atoms. The summed E-state index contributed by atoms with van der Waals surface area (Å²) in [6.07, 6.45) is 69.4. The van der Waals surface area contributed by atoms with E-state index >= 15 is 0 Å². The number of esters is 4. The molecule has 0 amide bonds. The van der Waals surface area contributed by atoms with E-state index in [2.05, 4.69) is 34.6 Å². The topological polar surface area (TPSA) is 237 Å². The molecule has 19 heteroatoms. The van der Waals surface area contributed by atoms with Crippen molar-refractivity contribution in [1.82, 2.24) is 0 Å². The van der Waals surface area contributed by atoms with E-state index < -0.39 is 97.5 Å². The molecule has 0 saturated heterocycles. The molecule has 612 valence electrons. The molecule has 0 aromatic carbocycles. The van der Waals surface area contributed by atoms with E-state index in [9.17, 15) is 43.2 Å². The van der Waals surface area contributed by atoms with E-state index in [0.717, 1.165) is 95.8 Å². The maximum absolute atomic E-state index is 13.1. The van der Waals surface area contributed by atoms with Crippen LogP contribution in [0, 0.1) is 5.92 Å². The molecular formula is C84H164O17P2. The van der Waals surface area contributed by atoms with E-state index in [1.165, 1.54) is 276 Å². The SMILES string of the molecule is CCCCCCCCCCCCCCCCCCCCCC(=O)O[C@H](COC(=O)CCCCCCCCCCCCCCCCCCCC)COP(=O)(O)OC[C@@H](O)COP(=O)(O)OC[C@@H](COC(=O)CCCCCCCCCCC)OC(=O)CCCCCCCCCCCCCCCCC(C)C. The van der Waals surface area contributed by atoms with Crippen LogP contribution in [-0.2, 0) is 65.4 Å². The number of phosphoric ester groups is 2. The van der Waals surface area contributed by atoms with Gasteiger partial charge in [0.25, 0.3) is 0 Å². The Balaban J connectivity index is 5.21. The van der Waals surface area contributed by atoms with Crippen LogP contribution in [0.2, 0.25) is 0 Å². The second kappa shape index (κ2) is 76.8. The number of carbonyl (C=O) groups excluding carboxylic acids is 4. The van der Waals surface area contributed by atoms with Crippen molar-refractivity contribution in [3.8, 4) is 0 Å². The molecule has 0 radical (unpaired) electrons. The first kappa shape index (κ1) is 101. The molecule has 0 rings (SSSR count). The third kappa shape index (κ3) is 78.0. The highest BCUT2D eigenvalue weighted by atomic mass is 31.2. The van der Waals surface area contributed by atoms with Gasteiger partial charge in [-0.3, -0.25) is 37.3 Å². The van der Waals surface area contributed by atoms with Crippen LogP contribution in [0.25, 0.3) is 0 Å². The van der Waals surface area contributed by atoms with Gasteiger partial charge in [-0.15, -0.1) is 0 Å². The summed E-state index contributed by atoms with van der Waals surface area (Å²) in [5.74, 6) is -1.31. The Kier molecular flexibility index (Phi) is 75.4. The fourth-order valence-corrected chi connectivity index (χ4v) is 14.7. The minimum absolute atomic E-state index is 0.108. The molecule has 0 aromatic heterocycles. The third-order valence-electron chi connectivity index (χ3n) is 19.8. The summed E-state index contributed by atoms with van der Waals surface area (Å²) in [6, 6.07) is 0. The minimum atomic E-state index is -4.96. The lowest BCUT2D eigenvalue weighted by molar-refractivity contribution is -0.161. The van der Waals surface area contributed by atoms with Crippen LogP contribution in [0.15, 0.2) is 0 Å². The summed E-state index contributed by atoms with van der Waals surface area (Å²) in [7, 11) is -9.92. The predicted octanol–water partition coefficient (Wildman–Crippen LogP) is 25.6. The standard InChI is InChI=1S/C84H164O17P2/c1-6-9-12-15-18-21-23-25-27-29-31-33-35-40-44-49-54-59-64-69-84(89)101-80(74-95-82(87)68-63-58-53-48-43-39-34-32-30-28-26-24-22-19-16-13-10-7-2)76-99-103(92,93)97-72-78(85)71-96-102(90,91)98-75-79(73-94-81(86)67-62-57-52-46-20-17-14-11-8-3)100-83(88)70-65-60-55-50-45-41-37-36-38-42-47-51-56-61-66-77(4)5/h77-80,85H,6-76H2,1-5H3,(H,90,91)(H,92,93)/t78-,79+,80+/m0/s1. The molecule has 103 heavy (non-hydrogen) atoms. The first-order chi connectivity index (χ1) is 50.0. The molecule has 0 saturated carbocycles. The zero-order valence-electron chi connectivity index (χ0n) is 67.5. The normalized spacial score (nSPS) is 13.8. The minimum Gasteiger partial charge on any atom is -0.462 e. The molecule has 0 aliphatic rings.